The summed E-state index contributed by atoms with van der Waals surface area (Å²) in [6.45, 7) is 3.27. The third-order valence-corrected chi connectivity index (χ3v) is 9.01. The topological polar surface area (TPSA) is 116 Å². The van der Waals surface area contributed by atoms with Crippen molar-refractivity contribution in [1.82, 2.24) is 4.90 Å². The van der Waals surface area contributed by atoms with Gasteiger partial charge in [-0.1, -0.05) is 32.1 Å². The van der Waals surface area contributed by atoms with Crippen LogP contribution >= 0.6 is 0 Å². The molecule has 1 heterocycles. The number of carbonyl (C=O) groups excluding carboxylic acids is 5. The fourth-order valence-electron chi connectivity index (χ4n) is 6.98. The summed E-state index contributed by atoms with van der Waals surface area (Å²) in [6.07, 6.45) is 5.50. The molecule has 4 aliphatic carbocycles. The lowest BCUT2D eigenvalue weighted by Gasteiger charge is -2.37. The summed E-state index contributed by atoms with van der Waals surface area (Å²) in [5, 5.41) is 0. The number of allylic oxidation sites excluding steroid dienone is 2. The molecule has 7 atom stereocenters. The van der Waals surface area contributed by atoms with Gasteiger partial charge in [0.25, 0.3) is 0 Å². The zero-order valence-corrected chi connectivity index (χ0v) is 23.7. The maximum Gasteiger partial charge on any atom is 0.343 e. The van der Waals surface area contributed by atoms with Gasteiger partial charge in [-0.2, -0.15) is 0 Å². The van der Waals surface area contributed by atoms with Crippen LogP contribution in [0, 0.1) is 41.4 Å². The van der Waals surface area contributed by atoms with Crippen molar-refractivity contribution in [2.75, 3.05) is 13.7 Å². The Labute approximate surface area is 243 Å². The average molecular weight is 572 g/mol. The summed E-state index contributed by atoms with van der Waals surface area (Å²) in [5.41, 5.74) is 0.568. The first-order valence-electron chi connectivity index (χ1n) is 14.4. The third kappa shape index (κ3) is 4.91. The van der Waals surface area contributed by atoms with Crippen molar-refractivity contribution in [3.63, 3.8) is 0 Å². The predicted octanol–water partition coefficient (Wildman–Crippen LogP) is 4.11. The molecule has 2 aromatic carbocycles. The van der Waals surface area contributed by atoms with E-state index in [1.54, 1.807) is 24.3 Å². The Morgan fingerprint density at radius 3 is 2.12 bits per heavy atom. The second kappa shape index (κ2) is 10.9. The van der Waals surface area contributed by atoms with Gasteiger partial charge in [-0.05, 0) is 84.9 Å². The number of Topliss-reactive ketones (excluding diaryl/α,β-unsaturated/α-hetero) is 1. The highest BCUT2D eigenvalue weighted by Gasteiger charge is 2.68. The van der Waals surface area contributed by atoms with Crippen LogP contribution in [0.3, 0.4) is 0 Å². The molecule has 2 aromatic rings. The Morgan fingerprint density at radius 2 is 1.52 bits per heavy atom. The van der Waals surface area contributed by atoms with Crippen LogP contribution in [0.1, 0.15) is 47.4 Å². The molecule has 3 fully saturated rings. The van der Waals surface area contributed by atoms with Crippen molar-refractivity contribution in [3.05, 3.63) is 71.8 Å². The number of carbonyl (C=O) groups is 5. The van der Waals surface area contributed by atoms with Crippen LogP contribution in [0.15, 0.2) is 60.7 Å². The van der Waals surface area contributed by atoms with E-state index in [2.05, 4.69) is 12.2 Å². The largest absolute Gasteiger partial charge is 0.497 e. The highest BCUT2D eigenvalue weighted by molar-refractivity contribution is 6.09. The van der Waals surface area contributed by atoms with Gasteiger partial charge >= 0.3 is 11.9 Å². The van der Waals surface area contributed by atoms with E-state index in [0.717, 1.165) is 11.3 Å². The van der Waals surface area contributed by atoms with Gasteiger partial charge in [0.05, 0.1) is 24.5 Å². The Morgan fingerprint density at radius 1 is 0.881 bits per heavy atom. The standard InChI is InChI=1S/C33H33NO8/c1-17(2)13-26(34-30(36)28-22-11-12-23(25-15-24(22)25)29(28)31(34)37)33(39)41-16-27(35)18-7-9-20(10-8-18)42-32(38)19-5-4-6-21(14-19)40-3/h4-12,14,17,22-26,28-29H,13,15-16H2,1-3H3. The molecule has 0 aromatic heterocycles. The van der Waals surface area contributed by atoms with E-state index in [4.69, 9.17) is 14.2 Å². The van der Waals surface area contributed by atoms with Crippen molar-refractivity contribution in [3.8, 4) is 11.5 Å². The number of rotatable bonds is 10. The van der Waals surface area contributed by atoms with Gasteiger partial charge < -0.3 is 14.2 Å². The lowest BCUT2D eigenvalue weighted by molar-refractivity contribution is -0.159. The Hall–Kier alpha value is -4.27. The molecule has 7 rings (SSSR count). The Balaban J connectivity index is 1.09. The number of ketones is 1. The molecule has 9 nitrogen and oxygen atoms in total. The third-order valence-electron chi connectivity index (χ3n) is 9.01. The summed E-state index contributed by atoms with van der Waals surface area (Å²) in [5.74, 6) is -1.39. The fourth-order valence-corrected chi connectivity index (χ4v) is 6.98. The van der Waals surface area contributed by atoms with Gasteiger partial charge in [0.1, 0.15) is 17.5 Å². The van der Waals surface area contributed by atoms with Crippen molar-refractivity contribution >= 4 is 29.5 Å². The van der Waals surface area contributed by atoms with Crippen LogP contribution in [0.25, 0.3) is 0 Å². The van der Waals surface area contributed by atoms with Crippen molar-refractivity contribution in [1.29, 1.82) is 0 Å². The maximum absolute atomic E-state index is 13.6. The number of likely N-dealkylation sites (tertiary alicyclic amines) is 1. The zero-order valence-electron chi connectivity index (χ0n) is 23.7. The molecule has 0 N–H and O–H groups in total. The van der Waals surface area contributed by atoms with Gasteiger partial charge in [0.2, 0.25) is 11.8 Å². The van der Waals surface area contributed by atoms with Gasteiger partial charge in [0.15, 0.2) is 12.4 Å². The maximum atomic E-state index is 13.6. The highest BCUT2D eigenvalue weighted by atomic mass is 16.5. The van der Waals surface area contributed by atoms with Gasteiger partial charge in [-0.3, -0.25) is 19.3 Å². The van der Waals surface area contributed by atoms with Crippen LogP contribution < -0.4 is 9.47 Å². The van der Waals surface area contributed by atoms with Gasteiger partial charge in [-0.15, -0.1) is 0 Å². The molecule has 5 aliphatic rings. The van der Waals surface area contributed by atoms with Gasteiger partial charge in [0, 0.05) is 5.56 Å². The summed E-state index contributed by atoms with van der Waals surface area (Å²) in [7, 11) is 1.50. The van der Waals surface area contributed by atoms with Gasteiger partial charge in [-0.25, -0.2) is 9.59 Å². The fraction of sp³-hybridized carbons (Fsp3) is 0.424. The van der Waals surface area contributed by atoms with Crippen molar-refractivity contribution in [2.45, 2.75) is 32.7 Å². The number of amides is 2. The lowest BCUT2D eigenvalue weighted by Crippen LogP contribution is -2.47. The summed E-state index contributed by atoms with van der Waals surface area (Å²) >= 11 is 0. The molecule has 0 radical (unpaired) electrons. The molecular formula is C33H33NO8. The molecule has 1 aliphatic heterocycles. The smallest absolute Gasteiger partial charge is 0.343 e. The minimum Gasteiger partial charge on any atom is -0.497 e. The Bertz CT molecular complexity index is 1440. The van der Waals surface area contributed by atoms with Crippen LogP contribution in [-0.2, 0) is 19.1 Å². The molecule has 2 bridgehead atoms. The normalized spacial score (nSPS) is 27.4. The molecule has 42 heavy (non-hydrogen) atoms. The number of nitrogens with zero attached hydrogens (tertiary/aromatic N) is 1. The van der Waals surface area contributed by atoms with Crippen LogP contribution in [-0.4, -0.2) is 54.2 Å². The number of methoxy groups -OCH3 is 1. The first-order valence-corrected chi connectivity index (χ1v) is 14.4. The monoisotopic (exact) mass is 571 g/mol. The first kappa shape index (κ1) is 27.9. The molecule has 2 saturated carbocycles. The number of ether oxygens (including phenoxy) is 3. The summed E-state index contributed by atoms with van der Waals surface area (Å²) in [6, 6.07) is 11.4. The second-order valence-corrected chi connectivity index (χ2v) is 12.0. The van der Waals surface area contributed by atoms with Crippen LogP contribution in [0.5, 0.6) is 11.5 Å². The molecule has 0 spiro atoms. The van der Waals surface area contributed by atoms with E-state index in [0.29, 0.717) is 23.1 Å². The quantitative estimate of drug-likeness (QED) is 0.138. The predicted molar refractivity (Wildman–Crippen MR) is 149 cm³/mol. The minimum absolute atomic E-state index is 0.0111. The van der Waals surface area contributed by atoms with Crippen molar-refractivity contribution in [2.24, 2.45) is 41.4 Å². The molecule has 1 saturated heterocycles. The van der Waals surface area contributed by atoms with Crippen molar-refractivity contribution < 1.29 is 38.2 Å². The number of imide groups is 1. The Kier molecular flexibility index (Phi) is 7.20. The molecule has 218 valence electrons. The van der Waals surface area contributed by atoms with E-state index in [-0.39, 0.29) is 47.3 Å². The number of esters is 2. The molecular weight excluding hydrogens is 538 g/mol. The number of hydrogen-bond donors (Lipinski definition) is 0. The minimum atomic E-state index is -1.07. The lowest BCUT2D eigenvalue weighted by atomic mass is 9.63. The van der Waals surface area contributed by atoms with Crippen LogP contribution in [0.4, 0.5) is 0 Å². The van der Waals surface area contributed by atoms with Crippen LogP contribution in [0.2, 0.25) is 0 Å². The number of benzene rings is 2. The molecule has 7 unspecified atom stereocenters. The highest BCUT2D eigenvalue weighted by Crippen LogP contribution is 2.65. The second-order valence-electron chi connectivity index (χ2n) is 12.0. The SMILES string of the molecule is COc1cccc(C(=O)Oc2ccc(C(=O)COC(=O)C(CC(C)C)N3C(=O)C4C5C=CC(C6CC56)C4C3=O)cc2)c1. The first-order chi connectivity index (χ1) is 20.2. The average Bonchev–Trinajstić information content (AvgIpc) is 3.77. The van der Waals surface area contributed by atoms with E-state index in [1.807, 2.05) is 13.8 Å². The van der Waals surface area contributed by atoms with E-state index in [1.165, 1.54) is 31.4 Å². The summed E-state index contributed by atoms with van der Waals surface area (Å²) < 4.78 is 15.9. The molecule has 9 heteroatoms. The zero-order chi connectivity index (χ0) is 29.7. The molecule has 2 amide bonds. The van der Waals surface area contributed by atoms with E-state index >= 15 is 0 Å². The van der Waals surface area contributed by atoms with E-state index < -0.39 is 42.2 Å². The summed E-state index contributed by atoms with van der Waals surface area (Å²) in [4.78, 5) is 66.9. The van der Waals surface area contributed by atoms with E-state index in [9.17, 15) is 24.0 Å². The number of hydrogen-bond acceptors (Lipinski definition) is 8.